The number of hydrogen-bond donors (Lipinski definition) is 3. The predicted molar refractivity (Wildman–Crippen MR) is 122 cm³/mol. The average molecular weight is 433 g/mol. The molecular formula is C24H21F2N5O. The third-order valence-electron chi connectivity index (χ3n) is 5.01. The number of aryl methyl sites for hydroxylation is 1. The number of benzene rings is 3. The van der Waals surface area contributed by atoms with Gasteiger partial charge in [-0.3, -0.25) is 4.79 Å². The Balaban J connectivity index is 1.46. The fraction of sp³-hybridized carbons (Fsp3) is 0.125. The van der Waals surface area contributed by atoms with E-state index in [1.54, 1.807) is 19.2 Å². The first-order valence-electron chi connectivity index (χ1n) is 9.99. The molecule has 0 saturated heterocycles. The van der Waals surface area contributed by atoms with Crippen LogP contribution < -0.4 is 16.0 Å². The van der Waals surface area contributed by atoms with Crippen LogP contribution in [-0.2, 0) is 6.54 Å². The van der Waals surface area contributed by atoms with E-state index < -0.39 is 17.5 Å². The number of nitrogens with one attached hydrogen (secondary N) is 3. The molecule has 0 atom stereocenters. The summed E-state index contributed by atoms with van der Waals surface area (Å²) in [6.07, 6.45) is 0. The predicted octanol–water partition coefficient (Wildman–Crippen LogP) is 5.12. The van der Waals surface area contributed by atoms with Crippen LogP contribution >= 0.6 is 0 Å². The molecule has 8 heteroatoms. The van der Waals surface area contributed by atoms with Gasteiger partial charge in [0.15, 0.2) is 11.6 Å². The zero-order valence-electron chi connectivity index (χ0n) is 17.5. The van der Waals surface area contributed by atoms with Gasteiger partial charge in [-0.1, -0.05) is 24.3 Å². The van der Waals surface area contributed by atoms with Crippen LogP contribution in [-0.4, -0.2) is 22.9 Å². The minimum absolute atomic E-state index is 0.0426. The molecule has 0 spiro atoms. The first kappa shape index (κ1) is 21.2. The van der Waals surface area contributed by atoms with Gasteiger partial charge in [0.05, 0.1) is 5.52 Å². The minimum Gasteiger partial charge on any atom is -0.365 e. The second kappa shape index (κ2) is 8.97. The summed E-state index contributed by atoms with van der Waals surface area (Å²) in [5, 5.41) is 9.97. The number of aromatic nitrogens is 2. The highest BCUT2D eigenvalue weighted by atomic mass is 19.2. The molecule has 1 amide bonds. The Kier molecular flexibility index (Phi) is 5.93. The maximum absolute atomic E-state index is 13.4. The molecule has 0 unspecified atom stereocenters. The summed E-state index contributed by atoms with van der Waals surface area (Å²) in [6, 6.07) is 16.2. The molecule has 3 N–H and O–H groups in total. The average Bonchev–Trinajstić information content (AvgIpc) is 2.80. The first-order chi connectivity index (χ1) is 15.4. The van der Waals surface area contributed by atoms with E-state index in [0.29, 0.717) is 18.2 Å². The van der Waals surface area contributed by atoms with Crippen LogP contribution in [0.2, 0.25) is 0 Å². The van der Waals surface area contributed by atoms with Gasteiger partial charge in [-0.05, 0) is 54.4 Å². The number of fused-ring (bicyclic) bond motifs is 1. The number of carbonyl (C=O) groups excluding carboxylic acids is 1. The van der Waals surface area contributed by atoms with Gasteiger partial charge in [0.1, 0.15) is 5.82 Å². The van der Waals surface area contributed by atoms with Crippen LogP contribution in [0.5, 0.6) is 0 Å². The topological polar surface area (TPSA) is 78.9 Å². The van der Waals surface area contributed by atoms with Gasteiger partial charge < -0.3 is 16.0 Å². The minimum atomic E-state index is -1.06. The number of carbonyl (C=O) groups is 1. The first-order valence-corrected chi connectivity index (χ1v) is 9.99. The summed E-state index contributed by atoms with van der Waals surface area (Å²) < 4.78 is 26.4. The van der Waals surface area contributed by atoms with Crippen molar-refractivity contribution in [3.05, 3.63) is 89.0 Å². The zero-order valence-corrected chi connectivity index (χ0v) is 17.5. The number of amides is 1. The van der Waals surface area contributed by atoms with E-state index in [1.165, 1.54) is 6.07 Å². The van der Waals surface area contributed by atoms with Gasteiger partial charge in [-0.15, -0.1) is 0 Å². The molecule has 0 aliphatic carbocycles. The normalized spacial score (nSPS) is 10.8. The third-order valence-corrected chi connectivity index (χ3v) is 5.01. The summed E-state index contributed by atoms with van der Waals surface area (Å²) in [5.74, 6) is -1.31. The standard InChI is InChI=1S/C24H21F2N5O/c1-14-4-3-5-20-21(14)22(31-24(27-2)30-20)28-13-15-6-9-17(10-7-15)29-23(32)16-8-11-18(25)19(26)12-16/h3-12H,13H2,1-2H3,(H,29,32)(H2,27,28,30,31). The van der Waals surface area contributed by atoms with Crippen molar-refractivity contribution < 1.29 is 13.6 Å². The summed E-state index contributed by atoms with van der Waals surface area (Å²) >= 11 is 0. The lowest BCUT2D eigenvalue weighted by Crippen LogP contribution is -2.12. The van der Waals surface area contributed by atoms with Gasteiger partial charge in [0.2, 0.25) is 5.95 Å². The monoisotopic (exact) mass is 433 g/mol. The Hall–Kier alpha value is -4.07. The summed E-state index contributed by atoms with van der Waals surface area (Å²) in [7, 11) is 1.77. The molecule has 0 fully saturated rings. The van der Waals surface area contributed by atoms with Gasteiger partial charge in [-0.2, -0.15) is 4.98 Å². The van der Waals surface area contributed by atoms with Crippen LogP contribution in [0.4, 0.5) is 26.2 Å². The van der Waals surface area contributed by atoms with Crippen LogP contribution in [0, 0.1) is 18.6 Å². The molecular weight excluding hydrogens is 412 g/mol. The Morgan fingerprint density at radius 3 is 2.47 bits per heavy atom. The van der Waals surface area contributed by atoms with Crippen molar-refractivity contribution >= 4 is 34.3 Å². The summed E-state index contributed by atoms with van der Waals surface area (Å²) in [6.45, 7) is 2.53. The smallest absolute Gasteiger partial charge is 0.255 e. The highest BCUT2D eigenvalue weighted by Gasteiger charge is 2.11. The number of rotatable bonds is 6. The highest BCUT2D eigenvalue weighted by Crippen LogP contribution is 2.26. The van der Waals surface area contributed by atoms with E-state index in [-0.39, 0.29) is 5.56 Å². The molecule has 3 aromatic carbocycles. The van der Waals surface area contributed by atoms with E-state index >= 15 is 0 Å². The second-order valence-electron chi connectivity index (χ2n) is 7.25. The zero-order chi connectivity index (χ0) is 22.7. The van der Waals surface area contributed by atoms with Crippen LogP contribution in [0.1, 0.15) is 21.5 Å². The maximum Gasteiger partial charge on any atom is 0.255 e. The molecule has 6 nitrogen and oxygen atoms in total. The molecule has 4 rings (SSSR count). The van der Waals surface area contributed by atoms with Gasteiger partial charge in [-0.25, -0.2) is 13.8 Å². The SMILES string of the molecule is CNc1nc(NCc2ccc(NC(=O)c3ccc(F)c(F)c3)cc2)c2c(C)cccc2n1. The number of hydrogen-bond acceptors (Lipinski definition) is 5. The summed E-state index contributed by atoms with van der Waals surface area (Å²) in [5.41, 5.74) is 3.48. The van der Waals surface area contributed by atoms with Gasteiger partial charge in [0, 0.05) is 30.2 Å². The molecule has 162 valence electrons. The Bertz CT molecular complexity index is 1290. The van der Waals surface area contributed by atoms with Crippen molar-refractivity contribution in [1.82, 2.24) is 9.97 Å². The van der Waals surface area contributed by atoms with E-state index in [2.05, 4.69) is 25.9 Å². The van der Waals surface area contributed by atoms with Crippen molar-refractivity contribution in [2.75, 3.05) is 23.0 Å². The largest absolute Gasteiger partial charge is 0.365 e. The second-order valence-corrected chi connectivity index (χ2v) is 7.25. The molecule has 32 heavy (non-hydrogen) atoms. The van der Waals surface area contributed by atoms with Gasteiger partial charge >= 0.3 is 0 Å². The van der Waals surface area contributed by atoms with Crippen LogP contribution in [0.25, 0.3) is 10.9 Å². The van der Waals surface area contributed by atoms with E-state index in [1.807, 2.05) is 37.3 Å². The lowest BCUT2D eigenvalue weighted by molar-refractivity contribution is 0.102. The quantitative estimate of drug-likeness (QED) is 0.393. The molecule has 0 bridgehead atoms. The van der Waals surface area contributed by atoms with E-state index in [4.69, 9.17) is 0 Å². The van der Waals surface area contributed by atoms with Gasteiger partial charge in [0.25, 0.3) is 5.91 Å². The fourth-order valence-electron chi connectivity index (χ4n) is 3.33. The fourth-order valence-corrected chi connectivity index (χ4v) is 3.33. The van der Waals surface area contributed by atoms with Crippen molar-refractivity contribution in [2.24, 2.45) is 0 Å². The van der Waals surface area contributed by atoms with Crippen molar-refractivity contribution in [3.8, 4) is 0 Å². The molecule has 1 heterocycles. The van der Waals surface area contributed by atoms with Crippen molar-refractivity contribution in [3.63, 3.8) is 0 Å². The van der Waals surface area contributed by atoms with Crippen LogP contribution in [0.15, 0.2) is 60.7 Å². The van der Waals surface area contributed by atoms with Crippen LogP contribution in [0.3, 0.4) is 0 Å². The lowest BCUT2D eigenvalue weighted by atomic mass is 10.1. The molecule has 0 aliphatic heterocycles. The third kappa shape index (κ3) is 4.49. The maximum atomic E-state index is 13.4. The van der Waals surface area contributed by atoms with Crippen molar-refractivity contribution in [2.45, 2.75) is 13.5 Å². The number of anilines is 3. The number of halogens is 2. The highest BCUT2D eigenvalue weighted by molar-refractivity contribution is 6.04. The Labute approximate surface area is 183 Å². The molecule has 1 aromatic heterocycles. The lowest BCUT2D eigenvalue weighted by Gasteiger charge is -2.13. The molecule has 0 aliphatic rings. The Morgan fingerprint density at radius 2 is 1.75 bits per heavy atom. The molecule has 4 aromatic rings. The molecule has 0 radical (unpaired) electrons. The van der Waals surface area contributed by atoms with Crippen molar-refractivity contribution in [1.29, 1.82) is 0 Å². The molecule has 0 saturated carbocycles. The van der Waals surface area contributed by atoms with E-state index in [0.717, 1.165) is 40.0 Å². The summed E-state index contributed by atoms with van der Waals surface area (Å²) in [4.78, 5) is 21.3. The number of nitrogens with zero attached hydrogens (tertiary/aromatic N) is 2. The van der Waals surface area contributed by atoms with E-state index in [9.17, 15) is 13.6 Å². The Morgan fingerprint density at radius 1 is 0.969 bits per heavy atom.